The van der Waals surface area contributed by atoms with Crippen LogP contribution in [-0.4, -0.2) is 36.9 Å². The van der Waals surface area contributed by atoms with Crippen LogP contribution in [0, 0.1) is 10.1 Å². The molecule has 7 nitrogen and oxygen atoms in total. The second-order valence-corrected chi connectivity index (χ2v) is 7.23. The van der Waals surface area contributed by atoms with Gasteiger partial charge >= 0.3 is 0 Å². The number of halogens is 1. The molecule has 2 aromatic carbocycles. The Hall–Kier alpha value is -2.58. The zero-order chi connectivity index (χ0) is 19.8. The molecule has 1 amide bonds. The molecule has 0 spiro atoms. The Morgan fingerprint density at radius 1 is 1.33 bits per heavy atom. The monoisotopic (exact) mass is 406 g/mol. The first-order chi connectivity index (χ1) is 12.9. The molecule has 1 N–H and O–H groups in total. The number of nitrogens with zero attached hydrogens (tertiary/aromatic N) is 3. The van der Waals surface area contributed by atoms with E-state index in [0.29, 0.717) is 16.3 Å². The summed E-state index contributed by atoms with van der Waals surface area (Å²) in [6.45, 7) is 0. The normalized spacial score (nSPS) is 10.8. The number of nitrogens with one attached hydrogen (secondary N) is 1. The molecule has 9 heteroatoms. The molecular weight excluding hydrogens is 388 g/mol. The first-order valence-electron chi connectivity index (χ1n) is 7.96. The number of rotatable bonds is 8. The number of hydrogen-bond acceptors (Lipinski definition) is 6. The van der Waals surface area contributed by atoms with Crippen molar-refractivity contribution in [2.75, 3.05) is 24.7 Å². The highest BCUT2D eigenvalue weighted by Gasteiger charge is 2.11. The summed E-state index contributed by atoms with van der Waals surface area (Å²) in [5.74, 6) is 0.641. The summed E-state index contributed by atoms with van der Waals surface area (Å²) in [4.78, 5) is 24.2. The lowest BCUT2D eigenvalue weighted by atomic mass is 10.1. The Morgan fingerprint density at radius 3 is 2.78 bits per heavy atom. The summed E-state index contributed by atoms with van der Waals surface area (Å²) in [5, 5.41) is 15.5. The van der Waals surface area contributed by atoms with Gasteiger partial charge in [-0.05, 0) is 23.8 Å². The van der Waals surface area contributed by atoms with E-state index in [0.717, 1.165) is 11.3 Å². The van der Waals surface area contributed by atoms with Crippen LogP contribution in [0.2, 0.25) is 5.02 Å². The molecule has 0 bridgehead atoms. The Balaban J connectivity index is 1.91. The third-order valence-electron chi connectivity index (χ3n) is 3.49. The van der Waals surface area contributed by atoms with Gasteiger partial charge in [-0.3, -0.25) is 14.9 Å². The lowest BCUT2D eigenvalue weighted by Crippen LogP contribution is -2.20. The van der Waals surface area contributed by atoms with Crippen molar-refractivity contribution in [2.45, 2.75) is 5.75 Å². The smallest absolute Gasteiger partial charge is 0.270 e. The fourth-order valence-corrected chi connectivity index (χ4v) is 3.24. The average molecular weight is 407 g/mol. The minimum atomic E-state index is -0.470. The maximum absolute atomic E-state index is 11.9. The molecule has 0 saturated carbocycles. The van der Waals surface area contributed by atoms with Crippen LogP contribution in [0.5, 0.6) is 0 Å². The number of hydrazone groups is 1. The Bertz CT molecular complexity index is 858. The van der Waals surface area contributed by atoms with Gasteiger partial charge in [-0.15, -0.1) is 11.8 Å². The summed E-state index contributed by atoms with van der Waals surface area (Å²) < 4.78 is 0. The van der Waals surface area contributed by atoms with Gasteiger partial charge in [0.1, 0.15) is 0 Å². The zero-order valence-electron chi connectivity index (χ0n) is 14.9. The molecule has 0 aliphatic carbocycles. The molecule has 0 unspecified atom stereocenters. The quantitative estimate of drug-likeness (QED) is 0.410. The first kappa shape index (κ1) is 20.7. The van der Waals surface area contributed by atoms with E-state index in [1.165, 1.54) is 30.1 Å². The standard InChI is InChI=1S/C18H19ClN4O3S/c1-22(2)17-7-6-16(23(25)26)9-14(17)10-20-21-18(24)12-27-11-13-4-3-5-15(19)8-13/h3-10H,11-12H2,1-2H3,(H,21,24)/b20-10-. The van der Waals surface area contributed by atoms with Crippen molar-refractivity contribution in [3.8, 4) is 0 Å². The van der Waals surface area contributed by atoms with E-state index in [9.17, 15) is 14.9 Å². The third-order valence-corrected chi connectivity index (χ3v) is 4.73. The number of carbonyl (C=O) groups is 1. The van der Waals surface area contributed by atoms with E-state index in [1.54, 1.807) is 12.1 Å². The second-order valence-electron chi connectivity index (χ2n) is 5.81. The highest BCUT2D eigenvalue weighted by molar-refractivity contribution is 7.99. The maximum Gasteiger partial charge on any atom is 0.270 e. The van der Waals surface area contributed by atoms with Gasteiger partial charge in [0.2, 0.25) is 5.91 Å². The van der Waals surface area contributed by atoms with Crippen LogP contribution in [0.1, 0.15) is 11.1 Å². The molecule has 0 saturated heterocycles. The molecular formula is C18H19ClN4O3S. The second kappa shape index (κ2) is 9.94. The molecule has 2 rings (SSSR count). The molecule has 0 fully saturated rings. The van der Waals surface area contributed by atoms with Gasteiger partial charge in [0.15, 0.2) is 0 Å². The largest absolute Gasteiger partial charge is 0.377 e. The van der Waals surface area contributed by atoms with Gasteiger partial charge in [0, 0.05) is 48.3 Å². The highest BCUT2D eigenvalue weighted by Crippen LogP contribution is 2.22. The van der Waals surface area contributed by atoms with Crippen LogP contribution in [0.4, 0.5) is 11.4 Å². The average Bonchev–Trinajstić information content (AvgIpc) is 2.61. The highest BCUT2D eigenvalue weighted by atomic mass is 35.5. The number of thioether (sulfide) groups is 1. The molecule has 0 heterocycles. The minimum absolute atomic E-state index is 0.0366. The first-order valence-corrected chi connectivity index (χ1v) is 9.50. The lowest BCUT2D eigenvalue weighted by molar-refractivity contribution is -0.384. The van der Waals surface area contributed by atoms with Crippen molar-refractivity contribution in [1.82, 2.24) is 5.43 Å². The van der Waals surface area contributed by atoms with Crippen molar-refractivity contribution in [2.24, 2.45) is 5.10 Å². The van der Waals surface area contributed by atoms with Gasteiger partial charge in [-0.25, -0.2) is 5.43 Å². The molecule has 2 aromatic rings. The number of benzene rings is 2. The molecule has 142 valence electrons. The van der Waals surface area contributed by atoms with Crippen molar-refractivity contribution >= 4 is 46.9 Å². The maximum atomic E-state index is 11.9. The molecule has 0 atom stereocenters. The van der Waals surface area contributed by atoms with Gasteiger partial charge in [0.05, 0.1) is 16.9 Å². The molecule has 0 aliphatic rings. The Morgan fingerprint density at radius 2 is 2.11 bits per heavy atom. The van der Waals surface area contributed by atoms with E-state index in [4.69, 9.17) is 11.6 Å². The fourth-order valence-electron chi connectivity index (χ4n) is 2.26. The number of hydrogen-bond donors (Lipinski definition) is 1. The fraction of sp³-hybridized carbons (Fsp3) is 0.222. The van der Waals surface area contributed by atoms with Gasteiger partial charge in [-0.1, -0.05) is 23.7 Å². The number of anilines is 1. The number of nitro benzene ring substituents is 1. The summed E-state index contributed by atoms with van der Waals surface area (Å²) in [5.41, 5.74) is 4.74. The van der Waals surface area contributed by atoms with Crippen LogP contribution >= 0.6 is 23.4 Å². The Kier molecular flexibility index (Phi) is 7.63. The van der Waals surface area contributed by atoms with Crippen molar-refractivity contribution in [1.29, 1.82) is 0 Å². The topological polar surface area (TPSA) is 87.8 Å². The lowest BCUT2D eigenvalue weighted by Gasteiger charge is -2.14. The van der Waals surface area contributed by atoms with E-state index in [-0.39, 0.29) is 17.3 Å². The van der Waals surface area contributed by atoms with E-state index >= 15 is 0 Å². The predicted molar refractivity (Wildman–Crippen MR) is 111 cm³/mol. The minimum Gasteiger partial charge on any atom is -0.377 e. The van der Waals surface area contributed by atoms with Gasteiger partial charge in [-0.2, -0.15) is 5.10 Å². The van der Waals surface area contributed by atoms with E-state index in [2.05, 4.69) is 10.5 Å². The summed E-state index contributed by atoms with van der Waals surface area (Å²) in [6.07, 6.45) is 1.40. The van der Waals surface area contributed by atoms with E-state index < -0.39 is 4.92 Å². The zero-order valence-corrected chi connectivity index (χ0v) is 16.5. The van der Waals surface area contributed by atoms with Crippen LogP contribution in [0.3, 0.4) is 0 Å². The van der Waals surface area contributed by atoms with Crippen molar-refractivity contribution in [3.63, 3.8) is 0 Å². The molecule has 0 aliphatic heterocycles. The predicted octanol–water partition coefficient (Wildman–Crippen LogP) is 3.70. The van der Waals surface area contributed by atoms with Crippen molar-refractivity contribution < 1.29 is 9.72 Å². The van der Waals surface area contributed by atoms with Crippen LogP contribution in [0.15, 0.2) is 47.6 Å². The number of amides is 1. The number of carbonyl (C=O) groups excluding carboxylic acids is 1. The van der Waals surface area contributed by atoms with Crippen molar-refractivity contribution in [3.05, 3.63) is 68.7 Å². The summed E-state index contributed by atoms with van der Waals surface area (Å²) in [6, 6.07) is 11.9. The van der Waals surface area contributed by atoms with Crippen LogP contribution < -0.4 is 10.3 Å². The van der Waals surface area contributed by atoms with Crippen LogP contribution in [0.25, 0.3) is 0 Å². The molecule has 27 heavy (non-hydrogen) atoms. The van der Waals surface area contributed by atoms with Crippen LogP contribution in [-0.2, 0) is 10.5 Å². The molecule has 0 aromatic heterocycles. The summed E-state index contributed by atoms with van der Waals surface area (Å²) in [7, 11) is 3.65. The SMILES string of the molecule is CN(C)c1ccc([N+](=O)[O-])cc1/C=N\NC(=O)CSCc1cccc(Cl)c1. The number of nitro groups is 1. The van der Waals surface area contributed by atoms with Gasteiger partial charge < -0.3 is 4.90 Å². The summed E-state index contributed by atoms with van der Waals surface area (Å²) >= 11 is 7.37. The number of non-ortho nitro benzene ring substituents is 1. The Labute approximate surface area is 166 Å². The van der Waals surface area contributed by atoms with Gasteiger partial charge in [0.25, 0.3) is 5.69 Å². The third kappa shape index (κ3) is 6.58. The molecule has 0 radical (unpaired) electrons. The van der Waals surface area contributed by atoms with E-state index in [1.807, 2.05) is 37.2 Å².